The van der Waals surface area contributed by atoms with Gasteiger partial charge in [-0.15, -0.1) is 0 Å². The molecule has 3 N–H and O–H groups in total. The van der Waals surface area contributed by atoms with Crippen molar-refractivity contribution in [1.29, 1.82) is 0 Å². The van der Waals surface area contributed by atoms with Crippen LogP contribution in [-0.2, 0) is 12.8 Å². The van der Waals surface area contributed by atoms with Gasteiger partial charge in [0, 0.05) is 17.5 Å². The molecule has 1 fully saturated rings. The van der Waals surface area contributed by atoms with Crippen LogP contribution in [0.3, 0.4) is 0 Å². The van der Waals surface area contributed by atoms with Crippen LogP contribution in [0.15, 0.2) is 12.1 Å². The van der Waals surface area contributed by atoms with E-state index in [0.717, 1.165) is 42.6 Å². The summed E-state index contributed by atoms with van der Waals surface area (Å²) in [6, 6.07) is 4.36. The van der Waals surface area contributed by atoms with E-state index in [0.29, 0.717) is 6.04 Å². The molecule has 1 heterocycles. The quantitative estimate of drug-likeness (QED) is 0.623. The first-order chi connectivity index (χ1) is 10.3. The molecule has 0 radical (unpaired) electrons. The Kier molecular flexibility index (Phi) is 5.04. The number of ether oxygens (including phenoxy) is 1. The third kappa shape index (κ3) is 3.71. The highest BCUT2D eigenvalue weighted by molar-refractivity contribution is 6.30. The van der Waals surface area contributed by atoms with Crippen molar-refractivity contribution in [2.24, 2.45) is 11.8 Å². The Hall–Kier alpha value is -0.770. The molecule has 1 aromatic rings. The second-order valence-electron chi connectivity index (χ2n) is 6.45. The molecule has 2 aliphatic rings. The average molecular weight is 309 g/mol. The molecule has 21 heavy (non-hydrogen) atoms. The van der Waals surface area contributed by atoms with Crippen molar-refractivity contribution in [3.63, 3.8) is 0 Å². The Morgan fingerprint density at radius 1 is 1.33 bits per heavy atom. The van der Waals surface area contributed by atoms with Crippen LogP contribution >= 0.6 is 11.6 Å². The third-order valence-corrected chi connectivity index (χ3v) is 5.14. The zero-order valence-corrected chi connectivity index (χ0v) is 13.3. The van der Waals surface area contributed by atoms with Crippen LogP contribution in [0.4, 0.5) is 0 Å². The Bertz CT molecular complexity index is 486. The fourth-order valence-electron chi connectivity index (χ4n) is 3.74. The van der Waals surface area contributed by atoms with Crippen molar-refractivity contribution in [2.75, 3.05) is 6.61 Å². The molecule has 3 rings (SSSR count). The number of nitrogens with one attached hydrogen (secondary N) is 1. The number of hydrogen-bond acceptors (Lipinski definition) is 3. The second-order valence-corrected chi connectivity index (χ2v) is 6.88. The summed E-state index contributed by atoms with van der Waals surface area (Å²) in [6.07, 6.45) is 9.86. The van der Waals surface area contributed by atoms with Crippen LogP contribution in [-0.4, -0.2) is 12.6 Å². The van der Waals surface area contributed by atoms with Crippen molar-refractivity contribution in [3.8, 4) is 5.75 Å². The maximum absolute atomic E-state index is 6.23. The summed E-state index contributed by atoms with van der Waals surface area (Å²) < 4.78 is 5.78. The van der Waals surface area contributed by atoms with Crippen molar-refractivity contribution in [2.45, 2.75) is 57.4 Å². The molecule has 0 aromatic heterocycles. The van der Waals surface area contributed by atoms with Crippen LogP contribution in [0.1, 0.15) is 49.7 Å². The highest BCUT2D eigenvalue weighted by atomic mass is 35.5. The molecule has 1 aliphatic heterocycles. The molecule has 0 saturated heterocycles. The van der Waals surface area contributed by atoms with Crippen LogP contribution in [0.5, 0.6) is 5.75 Å². The Morgan fingerprint density at radius 2 is 2.14 bits per heavy atom. The van der Waals surface area contributed by atoms with E-state index in [2.05, 4.69) is 5.43 Å². The lowest BCUT2D eigenvalue weighted by Gasteiger charge is -2.19. The molecular formula is C17H25ClN2O. The minimum Gasteiger partial charge on any atom is -0.493 e. The predicted molar refractivity (Wildman–Crippen MR) is 86.7 cm³/mol. The van der Waals surface area contributed by atoms with Crippen molar-refractivity contribution in [1.82, 2.24) is 5.43 Å². The van der Waals surface area contributed by atoms with E-state index >= 15 is 0 Å². The fourth-order valence-corrected chi connectivity index (χ4v) is 4.01. The Balaban J connectivity index is 1.63. The lowest BCUT2D eigenvalue weighted by Crippen LogP contribution is -2.37. The van der Waals surface area contributed by atoms with Crippen molar-refractivity contribution >= 4 is 11.6 Å². The molecule has 4 heteroatoms. The van der Waals surface area contributed by atoms with Crippen LogP contribution in [0.2, 0.25) is 5.02 Å². The summed E-state index contributed by atoms with van der Waals surface area (Å²) in [5, 5.41) is 0.806. The Morgan fingerprint density at radius 3 is 2.90 bits per heavy atom. The van der Waals surface area contributed by atoms with Gasteiger partial charge in [0.1, 0.15) is 5.75 Å². The van der Waals surface area contributed by atoms with E-state index in [1.54, 1.807) is 0 Å². The first-order valence-electron chi connectivity index (χ1n) is 8.16. The van der Waals surface area contributed by atoms with Gasteiger partial charge < -0.3 is 4.74 Å². The van der Waals surface area contributed by atoms with Gasteiger partial charge in [-0.05, 0) is 48.4 Å². The van der Waals surface area contributed by atoms with Gasteiger partial charge in [-0.2, -0.15) is 0 Å². The first kappa shape index (κ1) is 15.1. The van der Waals surface area contributed by atoms with Crippen molar-refractivity contribution in [3.05, 3.63) is 28.3 Å². The van der Waals surface area contributed by atoms with Crippen LogP contribution < -0.4 is 16.0 Å². The average Bonchev–Trinajstić information content (AvgIpc) is 3.13. The number of fused-ring (bicyclic) bond motifs is 1. The Labute approximate surface area is 132 Å². The minimum atomic E-state index is 0.303. The molecule has 1 saturated carbocycles. The van der Waals surface area contributed by atoms with E-state index < -0.39 is 0 Å². The molecule has 1 aliphatic carbocycles. The second kappa shape index (κ2) is 6.99. The topological polar surface area (TPSA) is 47.3 Å². The van der Waals surface area contributed by atoms with Crippen molar-refractivity contribution < 1.29 is 4.74 Å². The van der Waals surface area contributed by atoms with Gasteiger partial charge in [0.15, 0.2) is 0 Å². The van der Waals surface area contributed by atoms with Gasteiger partial charge in [0.25, 0.3) is 0 Å². The van der Waals surface area contributed by atoms with Gasteiger partial charge in [-0.25, -0.2) is 0 Å². The van der Waals surface area contributed by atoms with Gasteiger partial charge in [-0.1, -0.05) is 37.3 Å². The van der Waals surface area contributed by atoms with Gasteiger partial charge in [0.05, 0.1) is 6.61 Å². The summed E-state index contributed by atoms with van der Waals surface area (Å²) in [4.78, 5) is 0. The summed E-state index contributed by atoms with van der Waals surface area (Å²) >= 11 is 6.23. The summed E-state index contributed by atoms with van der Waals surface area (Å²) in [5.74, 6) is 7.71. The summed E-state index contributed by atoms with van der Waals surface area (Å²) in [6.45, 7) is 0.769. The highest BCUT2D eigenvalue weighted by Gasteiger charge is 2.21. The molecule has 1 atom stereocenters. The molecule has 1 unspecified atom stereocenters. The lowest BCUT2D eigenvalue weighted by molar-refractivity contribution is 0.349. The molecule has 0 amide bonds. The molecular weight excluding hydrogens is 284 g/mol. The first-order valence-corrected chi connectivity index (χ1v) is 8.54. The van der Waals surface area contributed by atoms with E-state index in [1.807, 2.05) is 12.1 Å². The van der Waals surface area contributed by atoms with E-state index in [1.165, 1.54) is 43.2 Å². The van der Waals surface area contributed by atoms with Gasteiger partial charge in [0.2, 0.25) is 0 Å². The maximum Gasteiger partial charge on any atom is 0.125 e. The number of nitrogens with two attached hydrogens (primary N) is 1. The standard InChI is InChI=1S/C17H25ClN2O/c18-15-9-13-7-8-21-17(13)14(10-15)11-16(20-19)6-5-12-3-1-2-4-12/h9-10,12,16,20H,1-8,11,19H2. The van der Waals surface area contributed by atoms with Crippen LogP contribution in [0, 0.1) is 5.92 Å². The number of hydrogen-bond donors (Lipinski definition) is 2. The number of halogens is 1. The SMILES string of the molecule is NNC(CCC1CCCC1)Cc1cc(Cl)cc2c1OCC2. The van der Waals surface area contributed by atoms with Gasteiger partial charge in [-0.3, -0.25) is 11.3 Å². The van der Waals surface area contributed by atoms with Crippen LogP contribution in [0.25, 0.3) is 0 Å². The molecule has 0 spiro atoms. The number of rotatable bonds is 6. The van der Waals surface area contributed by atoms with E-state index in [-0.39, 0.29) is 0 Å². The zero-order chi connectivity index (χ0) is 14.7. The highest BCUT2D eigenvalue weighted by Crippen LogP contribution is 2.34. The number of benzene rings is 1. The summed E-state index contributed by atoms with van der Waals surface area (Å²) in [7, 11) is 0. The third-order valence-electron chi connectivity index (χ3n) is 4.93. The number of hydrazine groups is 1. The monoisotopic (exact) mass is 308 g/mol. The predicted octanol–water partition coefficient (Wildman–Crippen LogP) is 3.62. The molecule has 0 bridgehead atoms. The lowest BCUT2D eigenvalue weighted by atomic mass is 9.94. The minimum absolute atomic E-state index is 0.303. The van der Waals surface area contributed by atoms with Gasteiger partial charge >= 0.3 is 0 Å². The van der Waals surface area contributed by atoms with E-state index in [4.69, 9.17) is 22.2 Å². The van der Waals surface area contributed by atoms with E-state index in [9.17, 15) is 0 Å². The largest absolute Gasteiger partial charge is 0.493 e. The molecule has 1 aromatic carbocycles. The smallest absolute Gasteiger partial charge is 0.125 e. The molecule has 3 nitrogen and oxygen atoms in total. The zero-order valence-electron chi connectivity index (χ0n) is 12.5. The summed E-state index contributed by atoms with van der Waals surface area (Å²) in [5.41, 5.74) is 5.42. The molecule has 116 valence electrons. The normalized spacial score (nSPS) is 19.5. The fraction of sp³-hybridized carbons (Fsp3) is 0.647. The maximum atomic E-state index is 6.23.